The lowest BCUT2D eigenvalue weighted by atomic mass is 10.0. The van der Waals surface area contributed by atoms with Crippen LogP contribution in [0.25, 0.3) is 0 Å². The minimum absolute atomic E-state index is 0.0195. The third kappa shape index (κ3) is 4.96. The molecule has 2 N–H and O–H groups in total. The van der Waals surface area contributed by atoms with Crippen molar-refractivity contribution in [2.24, 2.45) is 4.99 Å². The normalized spacial score (nSPS) is 20.3. The van der Waals surface area contributed by atoms with Crippen molar-refractivity contribution in [3.63, 3.8) is 0 Å². The topological polar surface area (TPSA) is 68.2 Å². The molecule has 2 aliphatic rings. The molecule has 168 valence electrons. The van der Waals surface area contributed by atoms with E-state index in [1.807, 2.05) is 32.1 Å². The highest BCUT2D eigenvalue weighted by Crippen LogP contribution is 2.27. The van der Waals surface area contributed by atoms with Gasteiger partial charge in [0.25, 0.3) is 0 Å². The van der Waals surface area contributed by atoms with E-state index in [4.69, 9.17) is 4.99 Å². The first kappa shape index (κ1) is 21.9. The fourth-order valence-corrected chi connectivity index (χ4v) is 4.50. The van der Waals surface area contributed by atoms with E-state index in [0.29, 0.717) is 12.6 Å². The number of benzene rings is 2. The van der Waals surface area contributed by atoms with E-state index in [9.17, 15) is 9.90 Å². The van der Waals surface area contributed by atoms with Crippen molar-refractivity contribution in [2.75, 3.05) is 26.2 Å². The second-order valence-corrected chi connectivity index (χ2v) is 8.58. The second kappa shape index (κ2) is 9.90. The molecule has 0 spiro atoms. The third-order valence-electron chi connectivity index (χ3n) is 6.40. The Kier molecular flexibility index (Phi) is 6.78. The number of amides is 1. The van der Waals surface area contributed by atoms with Crippen LogP contribution in [0.1, 0.15) is 25.0 Å². The van der Waals surface area contributed by atoms with Gasteiger partial charge in [0.1, 0.15) is 5.75 Å². The molecule has 4 rings (SSSR count). The van der Waals surface area contributed by atoms with Crippen LogP contribution < -0.4 is 5.32 Å². The summed E-state index contributed by atoms with van der Waals surface area (Å²) in [5.74, 6) is 1.31. The number of carbonyl (C=O) groups is 1. The minimum Gasteiger partial charge on any atom is -0.508 e. The maximum atomic E-state index is 12.2. The van der Waals surface area contributed by atoms with Gasteiger partial charge in [-0.15, -0.1) is 0 Å². The number of aromatic hydroxyl groups is 1. The molecule has 2 unspecified atom stereocenters. The molecule has 0 bridgehead atoms. The van der Waals surface area contributed by atoms with Gasteiger partial charge in [0.2, 0.25) is 5.91 Å². The highest BCUT2D eigenvalue weighted by molar-refractivity contribution is 5.92. The predicted octanol–water partition coefficient (Wildman–Crippen LogP) is 2.98. The van der Waals surface area contributed by atoms with Gasteiger partial charge in [-0.1, -0.05) is 48.5 Å². The number of allylic oxidation sites excluding steroid dienone is 1. The molecule has 0 radical (unpaired) electrons. The monoisotopic (exact) mass is 432 g/mol. The molecule has 2 atom stereocenters. The highest BCUT2D eigenvalue weighted by atomic mass is 16.3. The van der Waals surface area contributed by atoms with Crippen LogP contribution in [0.2, 0.25) is 0 Å². The van der Waals surface area contributed by atoms with E-state index >= 15 is 0 Å². The van der Waals surface area contributed by atoms with Crippen molar-refractivity contribution >= 4 is 11.9 Å². The number of fused-ring (bicyclic) bond motifs is 1. The summed E-state index contributed by atoms with van der Waals surface area (Å²) in [6.45, 7) is 6.72. The van der Waals surface area contributed by atoms with E-state index in [1.165, 1.54) is 11.1 Å². The Bertz CT molecular complexity index is 985. The molecular formula is C26H32N4O2. The number of phenols is 1. The Labute approximate surface area is 190 Å². The largest absolute Gasteiger partial charge is 0.508 e. The van der Waals surface area contributed by atoms with Crippen LogP contribution in [0.3, 0.4) is 0 Å². The van der Waals surface area contributed by atoms with Crippen molar-refractivity contribution in [3.05, 3.63) is 77.4 Å². The van der Waals surface area contributed by atoms with Crippen LogP contribution in [0.4, 0.5) is 0 Å². The van der Waals surface area contributed by atoms with E-state index < -0.39 is 0 Å². The number of aliphatic imine (C=N–C) groups is 1. The summed E-state index contributed by atoms with van der Waals surface area (Å²) in [6.07, 6.45) is 3.68. The second-order valence-electron chi connectivity index (χ2n) is 8.58. The predicted molar refractivity (Wildman–Crippen MR) is 128 cm³/mol. The third-order valence-corrected chi connectivity index (χ3v) is 6.40. The lowest BCUT2D eigenvalue weighted by molar-refractivity contribution is -0.117. The summed E-state index contributed by atoms with van der Waals surface area (Å²) in [4.78, 5) is 21.9. The number of hydrogen-bond acceptors (Lipinski definition) is 5. The summed E-state index contributed by atoms with van der Waals surface area (Å²) >= 11 is 0. The molecule has 1 amide bonds. The number of guanidine groups is 1. The molecule has 2 aliphatic heterocycles. The zero-order valence-electron chi connectivity index (χ0n) is 18.9. The van der Waals surface area contributed by atoms with Gasteiger partial charge in [0, 0.05) is 25.2 Å². The minimum atomic E-state index is -0.0195. The first-order chi connectivity index (χ1) is 15.5. The molecular weight excluding hydrogens is 400 g/mol. The van der Waals surface area contributed by atoms with Gasteiger partial charge in [-0.2, -0.15) is 0 Å². The Morgan fingerprint density at radius 2 is 1.78 bits per heavy atom. The van der Waals surface area contributed by atoms with Gasteiger partial charge in [0.15, 0.2) is 5.96 Å². The Morgan fingerprint density at radius 3 is 2.50 bits per heavy atom. The van der Waals surface area contributed by atoms with Gasteiger partial charge >= 0.3 is 0 Å². The Morgan fingerprint density at radius 1 is 1.09 bits per heavy atom. The van der Waals surface area contributed by atoms with Gasteiger partial charge in [-0.05, 0) is 49.9 Å². The number of carbonyl (C=O) groups excluding carboxylic acids is 1. The molecule has 0 aromatic heterocycles. The maximum Gasteiger partial charge on any atom is 0.246 e. The summed E-state index contributed by atoms with van der Waals surface area (Å²) in [5.41, 5.74) is 3.25. The van der Waals surface area contributed by atoms with Crippen molar-refractivity contribution in [2.45, 2.75) is 38.8 Å². The SMILES string of the molecule is CC=C(C)C(=O)NCCN1C2=NCC(Cc3ccccc3)N2CC1Cc1ccc(O)cc1. The average Bonchev–Trinajstić information content (AvgIpc) is 3.35. The van der Waals surface area contributed by atoms with Crippen LogP contribution in [0, 0.1) is 0 Å². The summed E-state index contributed by atoms with van der Waals surface area (Å²) in [6, 6.07) is 18.7. The van der Waals surface area contributed by atoms with Crippen molar-refractivity contribution in [1.29, 1.82) is 0 Å². The number of rotatable bonds is 8. The summed E-state index contributed by atoms with van der Waals surface area (Å²) in [7, 11) is 0. The van der Waals surface area contributed by atoms with Crippen molar-refractivity contribution in [1.82, 2.24) is 15.1 Å². The fraction of sp³-hybridized carbons (Fsp3) is 0.385. The van der Waals surface area contributed by atoms with Crippen LogP contribution in [-0.2, 0) is 17.6 Å². The number of phenolic OH excluding ortho intramolecular Hbond substituents is 1. The smallest absolute Gasteiger partial charge is 0.246 e. The Balaban J connectivity index is 1.46. The molecule has 1 saturated heterocycles. The van der Waals surface area contributed by atoms with Crippen molar-refractivity contribution < 1.29 is 9.90 Å². The molecule has 2 aromatic carbocycles. The van der Waals surface area contributed by atoms with Gasteiger partial charge in [-0.3, -0.25) is 9.79 Å². The quantitative estimate of drug-likeness (QED) is 0.630. The lowest BCUT2D eigenvalue weighted by Crippen LogP contribution is -2.42. The standard InChI is InChI=1S/C26H32N4O2/c1-3-19(2)25(32)27-13-14-29-23(16-21-9-11-24(31)12-10-21)18-30-22(17-28-26(29)30)15-20-7-5-4-6-8-20/h3-12,22-23,31H,13-18H2,1-2H3,(H,27,32). The van der Waals surface area contributed by atoms with Gasteiger partial charge in [-0.25, -0.2) is 0 Å². The lowest BCUT2D eigenvalue weighted by Gasteiger charge is -2.25. The van der Waals surface area contributed by atoms with Crippen LogP contribution in [0.15, 0.2) is 71.2 Å². The van der Waals surface area contributed by atoms with E-state index in [0.717, 1.165) is 44.0 Å². The number of nitrogens with zero attached hydrogens (tertiary/aromatic N) is 3. The van der Waals surface area contributed by atoms with Gasteiger partial charge < -0.3 is 20.2 Å². The average molecular weight is 433 g/mol. The van der Waals surface area contributed by atoms with Crippen LogP contribution in [0.5, 0.6) is 5.75 Å². The molecule has 0 saturated carbocycles. The van der Waals surface area contributed by atoms with Gasteiger partial charge in [0.05, 0.1) is 18.6 Å². The zero-order valence-corrected chi connectivity index (χ0v) is 18.9. The first-order valence-electron chi connectivity index (χ1n) is 11.4. The van der Waals surface area contributed by atoms with Crippen LogP contribution >= 0.6 is 0 Å². The molecule has 0 aliphatic carbocycles. The van der Waals surface area contributed by atoms with E-state index in [1.54, 1.807) is 12.1 Å². The molecule has 2 heterocycles. The highest BCUT2D eigenvalue weighted by Gasteiger charge is 2.41. The number of hydrogen-bond donors (Lipinski definition) is 2. The number of nitrogens with one attached hydrogen (secondary N) is 1. The van der Waals surface area contributed by atoms with E-state index in [2.05, 4.69) is 45.4 Å². The molecule has 6 nitrogen and oxygen atoms in total. The first-order valence-corrected chi connectivity index (χ1v) is 11.4. The zero-order chi connectivity index (χ0) is 22.5. The fourth-order valence-electron chi connectivity index (χ4n) is 4.50. The molecule has 1 fully saturated rings. The molecule has 6 heteroatoms. The van der Waals surface area contributed by atoms with Crippen molar-refractivity contribution in [3.8, 4) is 5.75 Å². The Hall–Kier alpha value is -3.28. The summed E-state index contributed by atoms with van der Waals surface area (Å²) in [5, 5.41) is 12.7. The van der Waals surface area contributed by atoms with E-state index in [-0.39, 0.29) is 17.7 Å². The van der Waals surface area contributed by atoms with Crippen LogP contribution in [-0.4, -0.2) is 65.0 Å². The summed E-state index contributed by atoms with van der Waals surface area (Å²) < 4.78 is 0. The maximum absolute atomic E-state index is 12.2. The molecule has 2 aromatic rings. The molecule has 32 heavy (non-hydrogen) atoms.